The monoisotopic (exact) mass is 373 g/mol. The Hall–Kier alpha value is -2.51. The van der Waals surface area contributed by atoms with Gasteiger partial charge < -0.3 is 4.74 Å². The normalized spacial score (nSPS) is 14.0. The zero-order chi connectivity index (χ0) is 18.7. The average molecular weight is 373 g/mol. The van der Waals surface area contributed by atoms with Crippen LogP contribution < -0.4 is 4.72 Å². The molecule has 1 saturated carbocycles. The van der Waals surface area contributed by atoms with Gasteiger partial charge in [0, 0.05) is 11.6 Å². The van der Waals surface area contributed by atoms with E-state index in [0.29, 0.717) is 5.56 Å². The van der Waals surface area contributed by atoms with Gasteiger partial charge in [-0.05, 0) is 44.0 Å². The Morgan fingerprint density at radius 2 is 1.58 bits per heavy atom. The quantitative estimate of drug-likeness (QED) is 0.595. The number of ketones is 1. The number of hydrogen-bond donors (Lipinski definition) is 1. The third kappa shape index (κ3) is 4.56. The van der Waals surface area contributed by atoms with Crippen molar-refractivity contribution in [3.05, 3.63) is 65.2 Å². The number of rotatable bonds is 7. The van der Waals surface area contributed by atoms with Crippen molar-refractivity contribution in [2.45, 2.75) is 30.7 Å². The molecule has 0 bridgehead atoms. The molecule has 0 amide bonds. The smallest absolute Gasteiger partial charge is 0.338 e. The third-order valence-corrected chi connectivity index (χ3v) is 5.54. The summed E-state index contributed by atoms with van der Waals surface area (Å²) < 4.78 is 31.8. The molecule has 2 aromatic rings. The Labute approximate surface area is 152 Å². The van der Waals surface area contributed by atoms with Gasteiger partial charge in [-0.3, -0.25) is 4.79 Å². The second-order valence-electron chi connectivity index (χ2n) is 6.29. The fourth-order valence-corrected chi connectivity index (χ4v) is 3.60. The predicted octanol–water partition coefficient (Wildman–Crippen LogP) is 2.48. The van der Waals surface area contributed by atoms with Crippen molar-refractivity contribution in [3.63, 3.8) is 0 Å². The molecule has 1 N–H and O–H groups in total. The summed E-state index contributed by atoms with van der Waals surface area (Å²) in [5.41, 5.74) is 1.69. The van der Waals surface area contributed by atoms with Crippen molar-refractivity contribution in [2.75, 3.05) is 6.61 Å². The number of ether oxygens (including phenoxy) is 1. The van der Waals surface area contributed by atoms with Crippen molar-refractivity contribution in [3.8, 4) is 0 Å². The first-order chi connectivity index (χ1) is 12.3. The number of carbonyl (C=O) groups is 2. The van der Waals surface area contributed by atoms with Crippen LogP contribution in [0.3, 0.4) is 0 Å². The van der Waals surface area contributed by atoms with Crippen LogP contribution in [0.4, 0.5) is 0 Å². The highest BCUT2D eigenvalue weighted by molar-refractivity contribution is 7.89. The summed E-state index contributed by atoms with van der Waals surface area (Å²) >= 11 is 0. The molecule has 0 aliphatic heterocycles. The molecule has 0 unspecified atom stereocenters. The van der Waals surface area contributed by atoms with Gasteiger partial charge in [0.15, 0.2) is 12.4 Å². The number of aryl methyl sites for hydroxylation is 1. The number of carbonyl (C=O) groups excluding carboxylic acids is 2. The summed E-state index contributed by atoms with van der Waals surface area (Å²) in [6, 6.07) is 12.4. The van der Waals surface area contributed by atoms with Crippen molar-refractivity contribution >= 4 is 21.8 Å². The molecular formula is C19H19NO5S. The van der Waals surface area contributed by atoms with Gasteiger partial charge >= 0.3 is 5.97 Å². The molecule has 1 aliphatic rings. The van der Waals surface area contributed by atoms with E-state index in [1.54, 1.807) is 12.1 Å². The lowest BCUT2D eigenvalue weighted by molar-refractivity contribution is 0.0474. The Bertz CT molecular complexity index is 913. The van der Waals surface area contributed by atoms with Gasteiger partial charge in [-0.25, -0.2) is 17.9 Å². The van der Waals surface area contributed by atoms with Gasteiger partial charge in [0.25, 0.3) is 0 Å². The number of nitrogens with one attached hydrogen (secondary N) is 1. The van der Waals surface area contributed by atoms with Gasteiger partial charge in [-0.15, -0.1) is 0 Å². The minimum Gasteiger partial charge on any atom is -0.454 e. The SMILES string of the molecule is Cc1ccc(C(=O)COC(=O)c2ccc(S(=O)(=O)NC3CC3)cc2)cc1. The lowest BCUT2D eigenvalue weighted by Crippen LogP contribution is -2.25. The molecule has 1 aliphatic carbocycles. The number of hydrogen-bond acceptors (Lipinski definition) is 5. The molecule has 26 heavy (non-hydrogen) atoms. The number of benzene rings is 2. The lowest BCUT2D eigenvalue weighted by Gasteiger charge is -2.07. The fourth-order valence-electron chi connectivity index (χ4n) is 2.30. The van der Waals surface area contributed by atoms with E-state index in [1.165, 1.54) is 24.3 Å². The molecule has 0 saturated heterocycles. The van der Waals surface area contributed by atoms with E-state index in [1.807, 2.05) is 19.1 Å². The summed E-state index contributed by atoms with van der Waals surface area (Å²) in [5.74, 6) is -0.976. The van der Waals surface area contributed by atoms with Crippen LogP contribution in [0.1, 0.15) is 39.1 Å². The highest BCUT2D eigenvalue weighted by Gasteiger charge is 2.28. The summed E-state index contributed by atoms with van der Waals surface area (Å²) in [4.78, 5) is 24.2. The average Bonchev–Trinajstić information content (AvgIpc) is 3.43. The zero-order valence-corrected chi connectivity index (χ0v) is 15.1. The van der Waals surface area contributed by atoms with E-state index in [0.717, 1.165) is 18.4 Å². The molecule has 0 radical (unpaired) electrons. The molecular weight excluding hydrogens is 354 g/mol. The summed E-state index contributed by atoms with van der Waals surface area (Å²) in [6.07, 6.45) is 1.69. The Kier molecular flexibility index (Phi) is 5.20. The van der Waals surface area contributed by atoms with Crippen molar-refractivity contribution < 1.29 is 22.7 Å². The lowest BCUT2D eigenvalue weighted by atomic mass is 10.1. The largest absolute Gasteiger partial charge is 0.454 e. The molecule has 2 aromatic carbocycles. The number of esters is 1. The van der Waals surface area contributed by atoms with E-state index >= 15 is 0 Å². The van der Waals surface area contributed by atoms with Gasteiger partial charge in [-0.1, -0.05) is 29.8 Å². The summed E-state index contributed by atoms with van der Waals surface area (Å²) in [5, 5.41) is 0. The Morgan fingerprint density at radius 1 is 1.00 bits per heavy atom. The Morgan fingerprint density at radius 3 is 2.15 bits per heavy atom. The molecule has 7 heteroatoms. The molecule has 3 rings (SSSR count). The minimum absolute atomic E-state index is 0.0115. The predicted molar refractivity (Wildman–Crippen MR) is 95.6 cm³/mol. The third-order valence-electron chi connectivity index (χ3n) is 4.01. The van der Waals surface area contributed by atoms with E-state index in [9.17, 15) is 18.0 Å². The molecule has 0 spiro atoms. The molecule has 0 aromatic heterocycles. The Balaban J connectivity index is 1.59. The van der Waals surface area contributed by atoms with Crippen molar-refractivity contribution in [1.82, 2.24) is 4.72 Å². The molecule has 136 valence electrons. The standard InChI is InChI=1S/C19H19NO5S/c1-13-2-4-14(5-3-13)18(21)12-25-19(22)15-6-10-17(11-7-15)26(23,24)20-16-8-9-16/h2-7,10-11,16,20H,8-9,12H2,1H3. The van der Waals surface area contributed by atoms with Crippen LogP contribution in [-0.4, -0.2) is 32.8 Å². The minimum atomic E-state index is -3.56. The van der Waals surface area contributed by atoms with E-state index < -0.39 is 16.0 Å². The first-order valence-corrected chi connectivity index (χ1v) is 9.73. The highest BCUT2D eigenvalue weighted by Crippen LogP contribution is 2.22. The topological polar surface area (TPSA) is 89.5 Å². The zero-order valence-electron chi connectivity index (χ0n) is 14.3. The van der Waals surface area contributed by atoms with Crippen LogP contribution in [0.2, 0.25) is 0 Å². The van der Waals surface area contributed by atoms with E-state index in [-0.39, 0.29) is 28.9 Å². The van der Waals surface area contributed by atoms with Crippen LogP contribution in [0.5, 0.6) is 0 Å². The first kappa shape index (κ1) is 18.3. The van der Waals surface area contributed by atoms with Crippen molar-refractivity contribution in [2.24, 2.45) is 0 Å². The summed E-state index contributed by atoms with van der Waals surface area (Å²) in [7, 11) is -3.56. The number of Topliss-reactive ketones (excluding diaryl/α,β-unsaturated/α-hetero) is 1. The number of sulfonamides is 1. The van der Waals surface area contributed by atoms with Gasteiger partial charge in [-0.2, -0.15) is 0 Å². The van der Waals surface area contributed by atoms with Gasteiger partial charge in [0.1, 0.15) is 0 Å². The van der Waals surface area contributed by atoms with E-state index in [4.69, 9.17) is 4.74 Å². The van der Waals surface area contributed by atoms with Gasteiger partial charge in [0.05, 0.1) is 10.5 Å². The second kappa shape index (κ2) is 7.39. The van der Waals surface area contributed by atoms with Gasteiger partial charge in [0.2, 0.25) is 10.0 Å². The van der Waals surface area contributed by atoms with Crippen LogP contribution in [0, 0.1) is 6.92 Å². The van der Waals surface area contributed by atoms with Crippen LogP contribution >= 0.6 is 0 Å². The maximum absolute atomic E-state index is 12.1. The van der Waals surface area contributed by atoms with Crippen LogP contribution in [0.25, 0.3) is 0 Å². The van der Waals surface area contributed by atoms with E-state index in [2.05, 4.69) is 4.72 Å². The summed E-state index contributed by atoms with van der Waals surface area (Å²) in [6.45, 7) is 1.55. The molecule has 0 heterocycles. The molecule has 6 nitrogen and oxygen atoms in total. The highest BCUT2D eigenvalue weighted by atomic mass is 32.2. The van der Waals surface area contributed by atoms with Crippen LogP contribution in [-0.2, 0) is 14.8 Å². The van der Waals surface area contributed by atoms with Crippen molar-refractivity contribution in [1.29, 1.82) is 0 Å². The second-order valence-corrected chi connectivity index (χ2v) is 8.00. The van der Waals surface area contributed by atoms with Crippen LogP contribution in [0.15, 0.2) is 53.4 Å². The molecule has 0 atom stereocenters. The molecule has 1 fully saturated rings. The fraction of sp³-hybridized carbons (Fsp3) is 0.263. The maximum Gasteiger partial charge on any atom is 0.338 e. The maximum atomic E-state index is 12.1. The first-order valence-electron chi connectivity index (χ1n) is 8.24.